The number of hydrogen-bond donors (Lipinski definition) is 2. The molecule has 18 heavy (non-hydrogen) atoms. The lowest BCUT2D eigenvalue weighted by molar-refractivity contribution is 0.0957. The van der Waals surface area contributed by atoms with Crippen LogP contribution in [0.5, 0.6) is 0 Å². The molecule has 1 amide bonds. The molecule has 0 bridgehead atoms. The van der Waals surface area contributed by atoms with Gasteiger partial charge in [-0.2, -0.15) is 0 Å². The Bertz CT molecular complexity index is 493. The number of carbonyl (C=O) groups excluding carboxylic acids is 1. The zero-order valence-electron chi connectivity index (χ0n) is 10.0. The molecular formula is C12H14N4O2. The fraction of sp³-hybridized carbons (Fsp3) is 0.250. The van der Waals surface area contributed by atoms with E-state index in [2.05, 4.69) is 20.8 Å². The number of nitrogens with one attached hydrogen (secondary N) is 2. The first-order valence-electron chi connectivity index (χ1n) is 5.61. The standard InChI is InChI=1S/C12H14N4O2/c1-13-12(17)10-4-5-11(16-15-10)14-7-6-9-3-2-8-18-9/h2-5,8H,6-7H2,1H3,(H,13,17)(H,14,16). The number of furan rings is 1. The van der Waals surface area contributed by atoms with Crippen molar-refractivity contribution in [3.05, 3.63) is 42.0 Å². The van der Waals surface area contributed by atoms with E-state index in [1.165, 1.54) is 0 Å². The van der Waals surface area contributed by atoms with E-state index in [-0.39, 0.29) is 5.91 Å². The normalized spacial score (nSPS) is 10.1. The number of aromatic nitrogens is 2. The molecule has 0 aromatic carbocycles. The minimum absolute atomic E-state index is 0.246. The zero-order chi connectivity index (χ0) is 12.8. The molecule has 94 valence electrons. The fourth-order valence-electron chi connectivity index (χ4n) is 1.44. The van der Waals surface area contributed by atoms with Gasteiger partial charge in [-0.05, 0) is 24.3 Å². The summed E-state index contributed by atoms with van der Waals surface area (Å²) in [6.45, 7) is 0.696. The van der Waals surface area contributed by atoms with Gasteiger partial charge in [0.25, 0.3) is 5.91 Å². The second-order valence-corrected chi connectivity index (χ2v) is 3.64. The van der Waals surface area contributed by atoms with E-state index >= 15 is 0 Å². The highest BCUT2D eigenvalue weighted by atomic mass is 16.3. The van der Waals surface area contributed by atoms with E-state index < -0.39 is 0 Å². The Kier molecular flexibility index (Phi) is 3.90. The Morgan fingerprint density at radius 2 is 2.22 bits per heavy atom. The molecule has 2 heterocycles. The molecule has 0 unspecified atom stereocenters. The van der Waals surface area contributed by atoms with E-state index in [0.29, 0.717) is 18.1 Å². The van der Waals surface area contributed by atoms with Crippen molar-refractivity contribution in [1.29, 1.82) is 0 Å². The lowest BCUT2D eigenvalue weighted by Crippen LogP contribution is -2.19. The summed E-state index contributed by atoms with van der Waals surface area (Å²) in [5.74, 6) is 1.30. The van der Waals surface area contributed by atoms with E-state index in [0.717, 1.165) is 12.2 Å². The van der Waals surface area contributed by atoms with Crippen LogP contribution >= 0.6 is 0 Å². The monoisotopic (exact) mass is 246 g/mol. The highest BCUT2D eigenvalue weighted by Crippen LogP contribution is 2.04. The summed E-state index contributed by atoms with van der Waals surface area (Å²) in [6.07, 6.45) is 2.42. The Morgan fingerprint density at radius 3 is 2.83 bits per heavy atom. The summed E-state index contributed by atoms with van der Waals surface area (Å²) in [4.78, 5) is 11.2. The molecule has 0 aliphatic carbocycles. The van der Waals surface area contributed by atoms with E-state index in [1.807, 2.05) is 12.1 Å². The molecule has 0 aliphatic heterocycles. The minimum Gasteiger partial charge on any atom is -0.469 e. The first-order chi connectivity index (χ1) is 8.79. The summed E-state index contributed by atoms with van der Waals surface area (Å²) in [5.41, 5.74) is 0.300. The lowest BCUT2D eigenvalue weighted by atomic mass is 10.3. The second-order valence-electron chi connectivity index (χ2n) is 3.64. The van der Waals surface area contributed by atoms with Gasteiger partial charge in [0.1, 0.15) is 11.6 Å². The van der Waals surface area contributed by atoms with Gasteiger partial charge in [0.15, 0.2) is 5.69 Å². The van der Waals surface area contributed by atoms with Crippen LogP contribution in [0.3, 0.4) is 0 Å². The molecule has 2 aromatic heterocycles. The molecule has 0 atom stereocenters. The molecule has 6 heteroatoms. The quantitative estimate of drug-likeness (QED) is 0.825. The topological polar surface area (TPSA) is 80.0 Å². The fourth-order valence-corrected chi connectivity index (χ4v) is 1.44. The average molecular weight is 246 g/mol. The first kappa shape index (κ1) is 12.1. The van der Waals surface area contributed by atoms with Crippen LogP contribution in [0.25, 0.3) is 0 Å². The predicted molar refractivity (Wildman–Crippen MR) is 66.3 cm³/mol. The van der Waals surface area contributed by atoms with E-state index in [4.69, 9.17) is 4.42 Å². The van der Waals surface area contributed by atoms with Gasteiger partial charge in [0, 0.05) is 20.0 Å². The Balaban J connectivity index is 1.85. The molecule has 0 saturated heterocycles. The number of rotatable bonds is 5. The van der Waals surface area contributed by atoms with Gasteiger partial charge < -0.3 is 15.1 Å². The van der Waals surface area contributed by atoms with Crippen molar-refractivity contribution in [3.63, 3.8) is 0 Å². The molecule has 0 saturated carbocycles. The number of hydrogen-bond acceptors (Lipinski definition) is 5. The largest absolute Gasteiger partial charge is 0.469 e. The molecule has 0 fully saturated rings. The first-order valence-corrected chi connectivity index (χ1v) is 5.61. The van der Waals surface area contributed by atoms with E-state index in [9.17, 15) is 4.79 Å². The number of anilines is 1. The molecule has 0 spiro atoms. The summed E-state index contributed by atoms with van der Waals surface area (Å²) >= 11 is 0. The van der Waals surface area contributed by atoms with Crippen molar-refractivity contribution in [2.24, 2.45) is 0 Å². The summed E-state index contributed by atoms with van der Waals surface area (Å²) in [5, 5.41) is 13.3. The number of carbonyl (C=O) groups is 1. The van der Waals surface area contributed by atoms with Crippen LogP contribution in [0.4, 0.5) is 5.82 Å². The zero-order valence-corrected chi connectivity index (χ0v) is 10.0. The molecule has 0 radical (unpaired) electrons. The Morgan fingerprint density at radius 1 is 1.33 bits per heavy atom. The van der Waals surface area contributed by atoms with E-state index in [1.54, 1.807) is 25.4 Å². The predicted octanol–water partition coefficient (Wildman–Crippen LogP) is 1.08. The van der Waals surface area contributed by atoms with Crippen molar-refractivity contribution in [3.8, 4) is 0 Å². The van der Waals surface area contributed by atoms with Crippen molar-refractivity contribution < 1.29 is 9.21 Å². The van der Waals surface area contributed by atoms with Gasteiger partial charge in [-0.1, -0.05) is 0 Å². The van der Waals surface area contributed by atoms with Gasteiger partial charge in [-0.3, -0.25) is 4.79 Å². The van der Waals surface area contributed by atoms with Crippen molar-refractivity contribution in [2.75, 3.05) is 18.9 Å². The van der Waals surface area contributed by atoms with Gasteiger partial charge in [-0.15, -0.1) is 10.2 Å². The maximum Gasteiger partial charge on any atom is 0.271 e. The van der Waals surface area contributed by atoms with Crippen LogP contribution in [-0.2, 0) is 6.42 Å². The van der Waals surface area contributed by atoms with Crippen LogP contribution in [0.1, 0.15) is 16.2 Å². The third-order valence-corrected chi connectivity index (χ3v) is 2.38. The molecule has 2 rings (SSSR count). The maximum atomic E-state index is 11.2. The van der Waals surface area contributed by atoms with Crippen LogP contribution in [0.15, 0.2) is 34.9 Å². The smallest absolute Gasteiger partial charge is 0.271 e. The summed E-state index contributed by atoms with van der Waals surface area (Å²) in [6, 6.07) is 7.12. The van der Waals surface area contributed by atoms with Gasteiger partial charge in [-0.25, -0.2) is 0 Å². The minimum atomic E-state index is -0.246. The van der Waals surface area contributed by atoms with Crippen LogP contribution in [0, 0.1) is 0 Å². The average Bonchev–Trinajstić information content (AvgIpc) is 2.92. The highest BCUT2D eigenvalue weighted by molar-refractivity contribution is 5.91. The molecule has 2 aromatic rings. The van der Waals surface area contributed by atoms with Crippen molar-refractivity contribution in [2.45, 2.75) is 6.42 Å². The Hall–Kier alpha value is -2.37. The molecule has 2 N–H and O–H groups in total. The number of amides is 1. The maximum absolute atomic E-state index is 11.2. The molecule has 6 nitrogen and oxygen atoms in total. The summed E-state index contributed by atoms with van der Waals surface area (Å²) in [7, 11) is 1.56. The van der Waals surface area contributed by atoms with Crippen LogP contribution < -0.4 is 10.6 Å². The van der Waals surface area contributed by atoms with Crippen molar-refractivity contribution in [1.82, 2.24) is 15.5 Å². The second kappa shape index (κ2) is 5.81. The van der Waals surface area contributed by atoms with Crippen LogP contribution in [0.2, 0.25) is 0 Å². The van der Waals surface area contributed by atoms with Crippen LogP contribution in [-0.4, -0.2) is 29.7 Å². The third kappa shape index (κ3) is 3.07. The summed E-state index contributed by atoms with van der Waals surface area (Å²) < 4.78 is 5.21. The van der Waals surface area contributed by atoms with Crippen molar-refractivity contribution >= 4 is 11.7 Å². The van der Waals surface area contributed by atoms with Gasteiger partial charge >= 0.3 is 0 Å². The lowest BCUT2D eigenvalue weighted by Gasteiger charge is -2.04. The Labute approximate surface area is 104 Å². The number of nitrogens with zero attached hydrogens (tertiary/aromatic N) is 2. The molecule has 0 aliphatic rings. The van der Waals surface area contributed by atoms with Gasteiger partial charge in [0.2, 0.25) is 0 Å². The third-order valence-electron chi connectivity index (χ3n) is 2.38. The highest BCUT2D eigenvalue weighted by Gasteiger charge is 2.05. The SMILES string of the molecule is CNC(=O)c1ccc(NCCc2ccco2)nn1. The van der Waals surface area contributed by atoms with Gasteiger partial charge in [0.05, 0.1) is 6.26 Å². The molecular weight excluding hydrogens is 232 g/mol.